The van der Waals surface area contributed by atoms with E-state index in [9.17, 15) is 8.42 Å². The summed E-state index contributed by atoms with van der Waals surface area (Å²) in [4.78, 5) is 0.175. The fraction of sp³-hybridized carbons (Fsp3) is 0.500. The van der Waals surface area contributed by atoms with E-state index in [0.29, 0.717) is 42.3 Å². The molecule has 1 aromatic rings. The van der Waals surface area contributed by atoms with Crippen molar-refractivity contribution >= 4 is 37.6 Å². The highest BCUT2D eigenvalue weighted by molar-refractivity contribution is 9.10. The molecule has 8 heteroatoms. The Morgan fingerprint density at radius 1 is 1.30 bits per heavy atom. The van der Waals surface area contributed by atoms with Gasteiger partial charge < -0.3 is 9.47 Å². The fourth-order valence-electron chi connectivity index (χ4n) is 1.35. The van der Waals surface area contributed by atoms with Crippen molar-refractivity contribution < 1.29 is 17.9 Å². The first-order valence-corrected chi connectivity index (χ1v) is 8.64. The van der Waals surface area contributed by atoms with Gasteiger partial charge in [-0.3, -0.25) is 0 Å². The molecule has 0 unspecified atom stereocenters. The Balaban J connectivity index is 2.40. The molecule has 0 aromatic heterocycles. The van der Waals surface area contributed by atoms with Crippen molar-refractivity contribution in [3.05, 3.63) is 27.7 Å². The summed E-state index contributed by atoms with van der Waals surface area (Å²) < 4.78 is 37.1. The number of methoxy groups -OCH3 is 1. The van der Waals surface area contributed by atoms with Crippen LogP contribution >= 0.6 is 27.5 Å². The second kappa shape index (κ2) is 8.96. The molecule has 1 rings (SSSR count). The molecular weight excluding hydrogens is 370 g/mol. The number of hydrogen-bond acceptors (Lipinski definition) is 4. The first-order valence-electron chi connectivity index (χ1n) is 5.99. The van der Waals surface area contributed by atoms with E-state index in [1.807, 2.05) is 0 Å². The molecule has 20 heavy (non-hydrogen) atoms. The number of rotatable bonds is 9. The molecule has 0 saturated carbocycles. The first kappa shape index (κ1) is 17.9. The molecule has 0 radical (unpaired) electrons. The highest BCUT2D eigenvalue weighted by Gasteiger charge is 2.14. The van der Waals surface area contributed by atoms with Crippen LogP contribution in [-0.4, -0.2) is 41.9 Å². The van der Waals surface area contributed by atoms with Gasteiger partial charge in [0.25, 0.3) is 0 Å². The summed E-state index contributed by atoms with van der Waals surface area (Å²) in [6, 6.07) is 4.47. The third kappa shape index (κ3) is 6.07. The molecule has 0 saturated heterocycles. The highest BCUT2D eigenvalue weighted by Crippen LogP contribution is 2.25. The quantitative estimate of drug-likeness (QED) is 0.662. The minimum atomic E-state index is -3.52. The third-order valence-electron chi connectivity index (χ3n) is 2.39. The standard InChI is InChI=1S/C12H17BrClNO4S/c1-18-7-8-19-6-2-5-15-20(16,17)10-3-4-12(14)11(13)9-10/h3-4,9,15H,2,5-8H2,1H3. The molecule has 114 valence electrons. The lowest BCUT2D eigenvalue weighted by Crippen LogP contribution is -2.25. The van der Waals surface area contributed by atoms with Crippen LogP contribution in [0.5, 0.6) is 0 Å². The lowest BCUT2D eigenvalue weighted by atomic mass is 10.4. The number of nitrogens with one attached hydrogen (secondary N) is 1. The molecule has 0 aliphatic rings. The second-order valence-electron chi connectivity index (χ2n) is 3.93. The van der Waals surface area contributed by atoms with Gasteiger partial charge in [-0.15, -0.1) is 0 Å². The molecule has 0 aliphatic heterocycles. The van der Waals surface area contributed by atoms with Crippen LogP contribution in [0.3, 0.4) is 0 Å². The van der Waals surface area contributed by atoms with Gasteiger partial charge in [-0.1, -0.05) is 11.6 Å². The van der Waals surface area contributed by atoms with Gasteiger partial charge in [-0.2, -0.15) is 0 Å². The summed E-state index contributed by atoms with van der Waals surface area (Å²) in [5.41, 5.74) is 0. The largest absolute Gasteiger partial charge is 0.382 e. The maximum atomic E-state index is 12.0. The topological polar surface area (TPSA) is 64.6 Å². The summed E-state index contributed by atoms with van der Waals surface area (Å²) in [5.74, 6) is 0. The van der Waals surface area contributed by atoms with E-state index in [-0.39, 0.29) is 4.90 Å². The van der Waals surface area contributed by atoms with Crippen molar-refractivity contribution in [2.45, 2.75) is 11.3 Å². The van der Waals surface area contributed by atoms with Gasteiger partial charge in [-0.25, -0.2) is 13.1 Å². The molecule has 0 spiro atoms. The molecule has 0 heterocycles. The van der Waals surface area contributed by atoms with Gasteiger partial charge >= 0.3 is 0 Å². The first-order chi connectivity index (χ1) is 9.47. The normalized spacial score (nSPS) is 11.8. The van der Waals surface area contributed by atoms with Gasteiger partial charge in [0, 0.05) is 24.7 Å². The molecule has 0 bridgehead atoms. The van der Waals surface area contributed by atoms with Crippen LogP contribution < -0.4 is 4.72 Å². The van der Waals surface area contributed by atoms with Gasteiger partial charge in [0.2, 0.25) is 10.0 Å². The van der Waals surface area contributed by atoms with E-state index < -0.39 is 10.0 Å². The van der Waals surface area contributed by atoms with Crippen molar-refractivity contribution in [3.63, 3.8) is 0 Å². The lowest BCUT2D eigenvalue weighted by Gasteiger charge is -2.08. The van der Waals surface area contributed by atoms with E-state index in [4.69, 9.17) is 21.1 Å². The Morgan fingerprint density at radius 3 is 2.70 bits per heavy atom. The molecule has 0 atom stereocenters. The number of ether oxygens (including phenoxy) is 2. The molecule has 0 aliphatic carbocycles. The average molecular weight is 387 g/mol. The second-order valence-corrected chi connectivity index (χ2v) is 6.96. The van der Waals surface area contributed by atoms with E-state index in [1.54, 1.807) is 7.11 Å². The van der Waals surface area contributed by atoms with Crippen molar-refractivity contribution in [2.24, 2.45) is 0 Å². The third-order valence-corrected chi connectivity index (χ3v) is 5.06. The monoisotopic (exact) mass is 385 g/mol. The zero-order valence-electron chi connectivity index (χ0n) is 11.1. The van der Waals surface area contributed by atoms with Crippen LogP contribution in [0.25, 0.3) is 0 Å². The summed E-state index contributed by atoms with van der Waals surface area (Å²) in [6.07, 6.45) is 0.595. The van der Waals surface area contributed by atoms with Crippen LogP contribution in [-0.2, 0) is 19.5 Å². The zero-order chi connectivity index (χ0) is 15.0. The Labute approximate surface area is 132 Å². The maximum Gasteiger partial charge on any atom is 0.240 e. The molecular formula is C12H17BrClNO4S. The van der Waals surface area contributed by atoms with Crippen molar-refractivity contribution in [1.29, 1.82) is 0 Å². The molecule has 1 aromatic carbocycles. The van der Waals surface area contributed by atoms with E-state index in [0.717, 1.165) is 0 Å². The number of benzene rings is 1. The predicted octanol–water partition coefficient (Wildman–Crippen LogP) is 2.43. The zero-order valence-corrected chi connectivity index (χ0v) is 14.2. The minimum Gasteiger partial charge on any atom is -0.382 e. The molecule has 0 fully saturated rings. The Kier molecular flexibility index (Phi) is 8.01. The van der Waals surface area contributed by atoms with E-state index >= 15 is 0 Å². The number of sulfonamides is 1. The minimum absolute atomic E-state index is 0.175. The maximum absolute atomic E-state index is 12.0. The van der Waals surface area contributed by atoms with Gasteiger partial charge in [0.05, 0.1) is 23.1 Å². The molecule has 1 N–H and O–H groups in total. The van der Waals surface area contributed by atoms with Gasteiger partial charge in [0.15, 0.2) is 0 Å². The average Bonchev–Trinajstić information content (AvgIpc) is 2.40. The number of halogens is 2. The summed E-state index contributed by atoms with van der Waals surface area (Å²) in [5, 5.41) is 0.468. The lowest BCUT2D eigenvalue weighted by molar-refractivity contribution is 0.0699. The van der Waals surface area contributed by atoms with Crippen LogP contribution in [0, 0.1) is 0 Å². The van der Waals surface area contributed by atoms with Crippen molar-refractivity contribution in [1.82, 2.24) is 4.72 Å². The Morgan fingerprint density at radius 2 is 2.05 bits per heavy atom. The smallest absolute Gasteiger partial charge is 0.240 e. The van der Waals surface area contributed by atoms with Crippen molar-refractivity contribution in [3.8, 4) is 0 Å². The van der Waals surface area contributed by atoms with Crippen LogP contribution in [0.1, 0.15) is 6.42 Å². The van der Waals surface area contributed by atoms with Crippen LogP contribution in [0.15, 0.2) is 27.6 Å². The number of hydrogen-bond donors (Lipinski definition) is 1. The van der Waals surface area contributed by atoms with Gasteiger partial charge in [0.1, 0.15) is 0 Å². The Hall–Kier alpha value is -0.180. The van der Waals surface area contributed by atoms with Crippen LogP contribution in [0.4, 0.5) is 0 Å². The summed E-state index contributed by atoms with van der Waals surface area (Å²) in [7, 11) is -1.92. The SMILES string of the molecule is COCCOCCCNS(=O)(=O)c1ccc(Cl)c(Br)c1. The molecule has 0 amide bonds. The van der Waals surface area contributed by atoms with E-state index in [2.05, 4.69) is 20.7 Å². The highest BCUT2D eigenvalue weighted by atomic mass is 79.9. The van der Waals surface area contributed by atoms with Crippen molar-refractivity contribution in [2.75, 3.05) is 33.5 Å². The summed E-state index contributed by atoms with van der Waals surface area (Å²) >= 11 is 9.03. The van der Waals surface area contributed by atoms with Crippen LogP contribution in [0.2, 0.25) is 5.02 Å². The molecule has 5 nitrogen and oxygen atoms in total. The predicted molar refractivity (Wildman–Crippen MR) is 81.7 cm³/mol. The Bertz CT molecular complexity index is 524. The fourth-order valence-corrected chi connectivity index (χ4v) is 3.10. The van der Waals surface area contributed by atoms with Gasteiger partial charge in [-0.05, 0) is 40.5 Å². The summed E-state index contributed by atoms with van der Waals surface area (Å²) in [6.45, 7) is 1.84. The van der Waals surface area contributed by atoms with E-state index in [1.165, 1.54) is 18.2 Å².